The molecule has 0 aromatic rings. The van der Waals surface area contributed by atoms with Gasteiger partial charge in [0.1, 0.15) is 0 Å². The smallest absolute Gasteiger partial charge is 0.248 e. The summed E-state index contributed by atoms with van der Waals surface area (Å²) in [6, 6.07) is 0.460. The zero-order chi connectivity index (χ0) is 14.8. The summed E-state index contributed by atoms with van der Waals surface area (Å²) in [4.78, 5) is 0. The maximum atomic E-state index is 13.2. The van der Waals surface area contributed by atoms with Crippen molar-refractivity contribution >= 4 is 0 Å². The van der Waals surface area contributed by atoms with Crippen molar-refractivity contribution in [3.63, 3.8) is 0 Å². The van der Waals surface area contributed by atoms with Gasteiger partial charge >= 0.3 is 0 Å². The van der Waals surface area contributed by atoms with Crippen molar-refractivity contribution in [3.8, 4) is 0 Å². The molecule has 1 rings (SSSR count). The summed E-state index contributed by atoms with van der Waals surface area (Å²) in [6.07, 6.45) is 10.6. The first kappa shape index (κ1) is 17.9. The lowest BCUT2D eigenvalue weighted by molar-refractivity contribution is -0.0498. The van der Waals surface area contributed by atoms with Gasteiger partial charge in [-0.15, -0.1) is 0 Å². The fourth-order valence-electron chi connectivity index (χ4n) is 3.38. The van der Waals surface area contributed by atoms with Crippen molar-refractivity contribution in [2.24, 2.45) is 5.92 Å². The number of alkyl halides is 2. The molecule has 0 spiro atoms. The predicted molar refractivity (Wildman–Crippen MR) is 82.4 cm³/mol. The van der Waals surface area contributed by atoms with E-state index in [1.54, 1.807) is 0 Å². The van der Waals surface area contributed by atoms with E-state index >= 15 is 0 Å². The van der Waals surface area contributed by atoms with E-state index in [9.17, 15) is 8.78 Å². The number of unbranched alkanes of at least 4 members (excludes halogenated alkanes) is 5. The minimum absolute atomic E-state index is 0.0933. The molecule has 0 heterocycles. The van der Waals surface area contributed by atoms with Crippen LogP contribution in [0.5, 0.6) is 0 Å². The zero-order valence-electron chi connectivity index (χ0n) is 13.4. The minimum atomic E-state index is -2.40. The lowest BCUT2D eigenvalue weighted by Gasteiger charge is -2.34. The van der Waals surface area contributed by atoms with Crippen LogP contribution in [0.4, 0.5) is 8.78 Å². The van der Waals surface area contributed by atoms with E-state index in [1.807, 2.05) is 0 Å². The number of halogens is 2. The van der Waals surface area contributed by atoms with Gasteiger partial charge in [-0.2, -0.15) is 0 Å². The Morgan fingerprint density at radius 1 is 1.00 bits per heavy atom. The summed E-state index contributed by atoms with van der Waals surface area (Å²) in [5, 5.41) is 3.54. The van der Waals surface area contributed by atoms with Crippen LogP contribution in [0.1, 0.15) is 84.5 Å². The largest absolute Gasteiger partial charge is 0.314 e. The fraction of sp³-hybridized carbons (Fsp3) is 1.00. The van der Waals surface area contributed by atoms with Gasteiger partial charge in [0.05, 0.1) is 0 Å². The third kappa shape index (κ3) is 7.01. The second-order valence-electron chi connectivity index (χ2n) is 6.41. The highest BCUT2D eigenvalue weighted by atomic mass is 19.3. The Balaban J connectivity index is 2.22. The van der Waals surface area contributed by atoms with Gasteiger partial charge in [-0.3, -0.25) is 0 Å². The van der Waals surface area contributed by atoms with Crippen LogP contribution < -0.4 is 5.32 Å². The molecule has 0 aromatic carbocycles. The van der Waals surface area contributed by atoms with E-state index in [4.69, 9.17) is 0 Å². The molecular weight excluding hydrogens is 256 g/mol. The molecule has 0 radical (unpaired) electrons. The zero-order valence-corrected chi connectivity index (χ0v) is 13.4. The average molecular weight is 289 g/mol. The Kier molecular flexibility index (Phi) is 8.67. The summed E-state index contributed by atoms with van der Waals surface area (Å²) in [7, 11) is 0. The van der Waals surface area contributed by atoms with Crippen LogP contribution in [0.2, 0.25) is 0 Å². The molecule has 120 valence electrons. The number of rotatable bonds is 10. The molecule has 0 saturated heterocycles. The van der Waals surface area contributed by atoms with Crippen molar-refractivity contribution in [2.45, 2.75) is 96.4 Å². The van der Waals surface area contributed by atoms with Crippen LogP contribution >= 0.6 is 0 Å². The highest BCUT2D eigenvalue weighted by Crippen LogP contribution is 2.38. The lowest BCUT2D eigenvalue weighted by atomic mass is 9.80. The Morgan fingerprint density at radius 3 is 2.20 bits per heavy atom. The summed E-state index contributed by atoms with van der Waals surface area (Å²) in [5.41, 5.74) is 0. The van der Waals surface area contributed by atoms with Crippen molar-refractivity contribution in [1.82, 2.24) is 5.32 Å². The van der Waals surface area contributed by atoms with Crippen molar-refractivity contribution in [3.05, 3.63) is 0 Å². The van der Waals surface area contributed by atoms with Gasteiger partial charge in [0.25, 0.3) is 0 Å². The van der Waals surface area contributed by atoms with E-state index < -0.39 is 5.92 Å². The first-order valence-electron chi connectivity index (χ1n) is 8.70. The highest BCUT2D eigenvalue weighted by molar-refractivity contribution is 4.84. The number of nitrogens with one attached hydrogen (secondary N) is 1. The van der Waals surface area contributed by atoms with Crippen molar-refractivity contribution in [1.29, 1.82) is 0 Å². The molecule has 1 unspecified atom stereocenters. The molecular formula is C17H33F2N. The molecule has 3 heteroatoms. The van der Waals surface area contributed by atoms with E-state index in [0.29, 0.717) is 24.8 Å². The van der Waals surface area contributed by atoms with E-state index in [0.717, 1.165) is 13.0 Å². The maximum Gasteiger partial charge on any atom is 0.248 e. The summed E-state index contributed by atoms with van der Waals surface area (Å²) >= 11 is 0. The summed E-state index contributed by atoms with van der Waals surface area (Å²) < 4.78 is 26.5. The summed E-state index contributed by atoms with van der Waals surface area (Å²) in [6.45, 7) is 5.30. The van der Waals surface area contributed by atoms with Gasteiger partial charge in [-0.05, 0) is 31.7 Å². The predicted octanol–water partition coefficient (Wildman–Crippen LogP) is 5.54. The van der Waals surface area contributed by atoms with Gasteiger partial charge in [0, 0.05) is 18.9 Å². The van der Waals surface area contributed by atoms with Crippen LogP contribution in [0.3, 0.4) is 0 Å². The standard InChI is InChI=1S/C17H33F2N/c1-3-5-6-7-8-9-10-16(20-4-2)15-11-13-17(18,19)14-12-15/h15-16,20H,3-14H2,1-2H3. The molecule has 0 amide bonds. The Bertz CT molecular complexity index is 233. The van der Waals surface area contributed by atoms with Crippen molar-refractivity contribution in [2.75, 3.05) is 6.54 Å². The van der Waals surface area contributed by atoms with Gasteiger partial charge in [0.2, 0.25) is 5.92 Å². The fourth-order valence-corrected chi connectivity index (χ4v) is 3.38. The Labute approximate surface area is 123 Å². The van der Waals surface area contributed by atoms with E-state index in [1.165, 1.54) is 38.5 Å². The molecule has 1 saturated carbocycles. The first-order valence-corrected chi connectivity index (χ1v) is 8.70. The third-order valence-electron chi connectivity index (χ3n) is 4.67. The SMILES string of the molecule is CCCCCCCCC(NCC)C1CCC(F)(F)CC1. The van der Waals surface area contributed by atoms with Gasteiger partial charge in [-0.25, -0.2) is 8.78 Å². The average Bonchev–Trinajstić information content (AvgIpc) is 2.42. The van der Waals surface area contributed by atoms with Crippen LogP contribution in [-0.4, -0.2) is 18.5 Å². The normalized spacial score (nSPS) is 21.0. The maximum absolute atomic E-state index is 13.2. The Morgan fingerprint density at radius 2 is 1.60 bits per heavy atom. The highest BCUT2D eigenvalue weighted by Gasteiger charge is 2.37. The molecule has 0 aliphatic heterocycles. The minimum Gasteiger partial charge on any atom is -0.314 e. The number of hydrogen-bond donors (Lipinski definition) is 1. The first-order chi connectivity index (χ1) is 9.59. The molecule has 1 N–H and O–H groups in total. The molecule has 1 aliphatic rings. The topological polar surface area (TPSA) is 12.0 Å². The van der Waals surface area contributed by atoms with Gasteiger partial charge in [0.15, 0.2) is 0 Å². The molecule has 20 heavy (non-hydrogen) atoms. The second-order valence-corrected chi connectivity index (χ2v) is 6.41. The van der Waals surface area contributed by atoms with Crippen molar-refractivity contribution < 1.29 is 8.78 Å². The number of hydrogen-bond acceptors (Lipinski definition) is 1. The van der Waals surface area contributed by atoms with Gasteiger partial charge < -0.3 is 5.32 Å². The van der Waals surface area contributed by atoms with Gasteiger partial charge in [-0.1, -0.05) is 52.4 Å². The third-order valence-corrected chi connectivity index (χ3v) is 4.67. The summed E-state index contributed by atoms with van der Waals surface area (Å²) in [5.74, 6) is -1.93. The Hall–Kier alpha value is -0.180. The quantitative estimate of drug-likeness (QED) is 0.521. The van der Waals surface area contributed by atoms with Crippen LogP contribution in [0.25, 0.3) is 0 Å². The van der Waals surface area contributed by atoms with E-state index in [2.05, 4.69) is 19.2 Å². The molecule has 1 fully saturated rings. The molecule has 0 bridgehead atoms. The second kappa shape index (κ2) is 9.70. The molecule has 1 atom stereocenters. The van der Waals surface area contributed by atoms with Crippen LogP contribution in [-0.2, 0) is 0 Å². The molecule has 0 aromatic heterocycles. The van der Waals surface area contributed by atoms with E-state index in [-0.39, 0.29) is 12.8 Å². The molecule has 1 aliphatic carbocycles. The lowest BCUT2D eigenvalue weighted by Crippen LogP contribution is -2.39. The molecule has 1 nitrogen and oxygen atoms in total. The van der Waals surface area contributed by atoms with Crippen LogP contribution in [0, 0.1) is 5.92 Å². The van der Waals surface area contributed by atoms with Crippen LogP contribution in [0.15, 0.2) is 0 Å². The monoisotopic (exact) mass is 289 g/mol.